The molecule has 0 spiro atoms. The molecule has 142 valence electrons. The summed E-state index contributed by atoms with van der Waals surface area (Å²) in [4.78, 5) is 0. The Bertz CT molecular complexity index is 822. The first-order valence-corrected chi connectivity index (χ1v) is 9.97. The van der Waals surface area contributed by atoms with Crippen molar-refractivity contribution in [2.24, 2.45) is 0 Å². The van der Waals surface area contributed by atoms with Gasteiger partial charge >= 0.3 is 0 Å². The van der Waals surface area contributed by atoms with Crippen molar-refractivity contribution in [3.8, 4) is 11.5 Å². The third kappa shape index (κ3) is 6.55. The zero-order valence-corrected chi connectivity index (χ0v) is 15.6. The van der Waals surface area contributed by atoms with E-state index in [2.05, 4.69) is 10.0 Å². The average molecular weight is 380 g/mol. The molecule has 0 amide bonds. The number of aliphatic hydroxyl groups is 1. The van der Waals surface area contributed by atoms with E-state index in [1.807, 2.05) is 24.3 Å². The number of benzene rings is 2. The highest BCUT2D eigenvalue weighted by molar-refractivity contribution is 7.92. The molecule has 2 rings (SSSR count). The van der Waals surface area contributed by atoms with Crippen molar-refractivity contribution in [3.05, 3.63) is 53.6 Å². The van der Waals surface area contributed by atoms with Gasteiger partial charge in [-0.25, -0.2) is 8.42 Å². The molecule has 1 unspecified atom stereocenters. The Morgan fingerprint density at radius 3 is 2.38 bits per heavy atom. The van der Waals surface area contributed by atoms with Gasteiger partial charge in [-0.15, -0.1) is 0 Å². The van der Waals surface area contributed by atoms with Crippen LogP contribution in [0, 0.1) is 0 Å². The molecular weight excluding hydrogens is 356 g/mol. The highest BCUT2D eigenvalue weighted by Crippen LogP contribution is 2.25. The van der Waals surface area contributed by atoms with Crippen LogP contribution >= 0.6 is 0 Å². The maximum Gasteiger partial charge on any atom is 0.229 e. The maximum absolute atomic E-state index is 11.3. The molecule has 26 heavy (non-hydrogen) atoms. The van der Waals surface area contributed by atoms with Gasteiger partial charge in [-0.3, -0.25) is 4.72 Å². The summed E-state index contributed by atoms with van der Waals surface area (Å²) in [7, 11) is -1.87. The Morgan fingerprint density at radius 1 is 1.12 bits per heavy atom. The quantitative estimate of drug-likeness (QED) is 0.491. The molecule has 0 heterocycles. The summed E-state index contributed by atoms with van der Waals surface area (Å²) in [5.41, 5.74) is 1.89. The van der Waals surface area contributed by atoms with Gasteiger partial charge in [-0.2, -0.15) is 0 Å². The third-order valence-electron chi connectivity index (χ3n) is 3.70. The minimum absolute atomic E-state index is 0.100. The number of hydrogen-bond acceptors (Lipinski definition) is 6. The fraction of sp³-hybridized carbons (Fsp3) is 0.333. The van der Waals surface area contributed by atoms with E-state index >= 15 is 0 Å². The van der Waals surface area contributed by atoms with E-state index in [0.717, 1.165) is 17.6 Å². The normalized spacial score (nSPS) is 12.6. The minimum atomic E-state index is -3.49. The number of sulfonamides is 1. The summed E-state index contributed by atoms with van der Waals surface area (Å²) < 4.78 is 30.0. The van der Waals surface area contributed by atoms with Gasteiger partial charge in [0.05, 0.1) is 25.2 Å². The van der Waals surface area contributed by atoms with Gasteiger partial charge in [0.25, 0.3) is 0 Å². The van der Waals surface area contributed by atoms with Crippen molar-refractivity contribution in [2.45, 2.75) is 19.1 Å². The van der Waals surface area contributed by atoms with Crippen molar-refractivity contribution in [3.63, 3.8) is 0 Å². The Morgan fingerprint density at radius 2 is 1.77 bits per heavy atom. The van der Waals surface area contributed by atoms with E-state index in [-0.39, 0.29) is 11.4 Å². The molecule has 2 aromatic carbocycles. The second-order valence-electron chi connectivity index (χ2n) is 6.06. The van der Waals surface area contributed by atoms with Crippen LogP contribution in [0.4, 0.5) is 5.69 Å². The molecular formula is C18H24N2O5S. The summed E-state index contributed by atoms with van der Waals surface area (Å²) >= 11 is 0. The number of nitrogens with one attached hydrogen (secondary N) is 2. The molecule has 0 aliphatic heterocycles. The van der Waals surface area contributed by atoms with Crippen LogP contribution in [0.25, 0.3) is 0 Å². The topological polar surface area (TPSA) is 108 Å². The fourth-order valence-corrected chi connectivity index (χ4v) is 3.03. The summed E-state index contributed by atoms with van der Waals surface area (Å²) in [6, 6.07) is 12.2. The molecule has 1 atom stereocenters. The van der Waals surface area contributed by atoms with Crippen molar-refractivity contribution < 1.29 is 23.4 Å². The molecule has 0 saturated carbocycles. The highest BCUT2D eigenvalue weighted by Gasteiger charge is 2.11. The molecule has 0 bridgehead atoms. The van der Waals surface area contributed by atoms with E-state index in [9.17, 15) is 18.6 Å². The highest BCUT2D eigenvalue weighted by atomic mass is 32.2. The third-order valence-corrected chi connectivity index (χ3v) is 4.29. The minimum Gasteiger partial charge on any atom is -0.506 e. The molecule has 0 aliphatic carbocycles. The Hall–Kier alpha value is -2.29. The van der Waals surface area contributed by atoms with E-state index in [1.54, 1.807) is 13.2 Å². The lowest BCUT2D eigenvalue weighted by molar-refractivity contribution is 0.171. The van der Waals surface area contributed by atoms with Crippen molar-refractivity contribution in [1.82, 2.24) is 5.32 Å². The van der Waals surface area contributed by atoms with Gasteiger partial charge in [0, 0.05) is 13.1 Å². The monoisotopic (exact) mass is 380 g/mol. The van der Waals surface area contributed by atoms with Crippen LogP contribution in [-0.4, -0.2) is 44.6 Å². The lowest BCUT2D eigenvalue weighted by Gasteiger charge is -2.14. The van der Waals surface area contributed by atoms with E-state index in [0.29, 0.717) is 25.1 Å². The Balaban J connectivity index is 1.86. The van der Waals surface area contributed by atoms with Gasteiger partial charge < -0.3 is 20.3 Å². The van der Waals surface area contributed by atoms with Gasteiger partial charge in [0.15, 0.2) is 0 Å². The number of ether oxygens (including phenoxy) is 1. The van der Waals surface area contributed by atoms with Crippen LogP contribution < -0.4 is 14.8 Å². The summed E-state index contributed by atoms with van der Waals surface area (Å²) in [5, 5.41) is 23.1. The smallest absolute Gasteiger partial charge is 0.229 e. The summed E-state index contributed by atoms with van der Waals surface area (Å²) in [6.07, 6.45) is 0.689. The SMILES string of the molecule is COc1ccc(CNCC(O)Cc2ccc(O)c(NS(C)(=O)=O)c2)cc1. The standard InChI is InChI=1S/C18H24N2O5S/c1-25-16-6-3-13(4-7-16)11-19-12-15(21)9-14-5-8-18(22)17(10-14)20-26(2,23)24/h3-8,10,15,19-22H,9,11-12H2,1-2H3. The van der Waals surface area contributed by atoms with Gasteiger partial charge in [0.2, 0.25) is 10.0 Å². The Kier molecular flexibility index (Phi) is 6.84. The first kappa shape index (κ1) is 20.0. The van der Waals surface area contributed by atoms with E-state index in [1.165, 1.54) is 12.1 Å². The number of aliphatic hydroxyl groups excluding tert-OH is 1. The van der Waals surface area contributed by atoms with E-state index < -0.39 is 16.1 Å². The molecule has 7 nitrogen and oxygen atoms in total. The van der Waals surface area contributed by atoms with Crippen LogP contribution in [0.1, 0.15) is 11.1 Å². The molecule has 4 N–H and O–H groups in total. The molecule has 0 fully saturated rings. The zero-order chi connectivity index (χ0) is 19.2. The number of anilines is 1. The predicted octanol–water partition coefficient (Wildman–Crippen LogP) is 1.47. The van der Waals surface area contributed by atoms with Crippen molar-refractivity contribution >= 4 is 15.7 Å². The summed E-state index contributed by atoms with van der Waals surface area (Å²) in [6.45, 7) is 0.985. The maximum atomic E-state index is 11.3. The number of phenolic OH excluding ortho intramolecular Hbond substituents is 1. The fourth-order valence-electron chi connectivity index (χ4n) is 2.46. The van der Waals surface area contributed by atoms with Crippen LogP contribution in [0.2, 0.25) is 0 Å². The van der Waals surface area contributed by atoms with Crippen LogP contribution in [0.3, 0.4) is 0 Å². The van der Waals surface area contributed by atoms with Gasteiger partial charge in [0.1, 0.15) is 11.5 Å². The van der Waals surface area contributed by atoms with Crippen LogP contribution in [-0.2, 0) is 23.0 Å². The number of aromatic hydroxyl groups is 1. The largest absolute Gasteiger partial charge is 0.506 e. The first-order chi connectivity index (χ1) is 12.3. The molecule has 0 aromatic heterocycles. The zero-order valence-electron chi connectivity index (χ0n) is 14.8. The molecule has 2 aromatic rings. The van der Waals surface area contributed by atoms with Crippen LogP contribution in [0.15, 0.2) is 42.5 Å². The lowest BCUT2D eigenvalue weighted by Crippen LogP contribution is -2.28. The molecule has 0 radical (unpaired) electrons. The molecule has 0 aliphatic rings. The summed E-state index contributed by atoms with van der Waals surface area (Å²) in [5.74, 6) is 0.630. The number of phenols is 1. The average Bonchev–Trinajstić information content (AvgIpc) is 2.57. The predicted molar refractivity (Wildman–Crippen MR) is 101 cm³/mol. The van der Waals surface area contributed by atoms with Crippen molar-refractivity contribution in [1.29, 1.82) is 0 Å². The molecule has 0 saturated heterocycles. The van der Waals surface area contributed by atoms with E-state index in [4.69, 9.17) is 4.74 Å². The second-order valence-corrected chi connectivity index (χ2v) is 7.81. The molecule has 8 heteroatoms. The van der Waals surface area contributed by atoms with Crippen LogP contribution in [0.5, 0.6) is 11.5 Å². The van der Waals surface area contributed by atoms with Gasteiger partial charge in [-0.1, -0.05) is 18.2 Å². The second kappa shape index (κ2) is 8.88. The lowest BCUT2D eigenvalue weighted by atomic mass is 10.1. The first-order valence-electron chi connectivity index (χ1n) is 8.08. The number of hydrogen-bond donors (Lipinski definition) is 4. The van der Waals surface area contributed by atoms with Crippen molar-refractivity contribution in [2.75, 3.05) is 24.6 Å². The van der Waals surface area contributed by atoms with Gasteiger partial charge in [-0.05, 0) is 41.8 Å². The number of rotatable bonds is 9. The Labute approximate surface area is 153 Å². The number of methoxy groups -OCH3 is 1.